The van der Waals surface area contributed by atoms with Crippen molar-refractivity contribution in [3.8, 4) is 0 Å². The van der Waals surface area contributed by atoms with Crippen molar-refractivity contribution < 1.29 is 14.3 Å². The molecular weight excluding hydrogens is 396 g/mol. The molecular formula is C29H36O3. The Morgan fingerprint density at radius 1 is 0.656 bits per heavy atom. The highest BCUT2D eigenvalue weighted by atomic mass is 16.5. The minimum atomic E-state index is -0.0533. The fourth-order valence-corrected chi connectivity index (χ4v) is 5.36. The van der Waals surface area contributed by atoms with E-state index in [0.717, 1.165) is 77.0 Å². The zero-order valence-corrected chi connectivity index (χ0v) is 19.2. The number of esters is 1. The zero-order valence-electron chi connectivity index (χ0n) is 19.2. The van der Waals surface area contributed by atoms with Gasteiger partial charge in [0.1, 0.15) is 11.9 Å². The molecule has 0 spiro atoms. The van der Waals surface area contributed by atoms with Gasteiger partial charge in [-0.1, -0.05) is 74.2 Å². The van der Waals surface area contributed by atoms with E-state index in [1.807, 2.05) is 12.1 Å². The summed E-state index contributed by atoms with van der Waals surface area (Å²) in [4.78, 5) is 24.4. The van der Waals surface area contributed by atoms with Gasteiger partial charge in [-0.15, -0.1) is 0 Å². The molecule has 3 nitrogen and oxygen atoms in total. The summed E-state index contributed by atoms with van der Waals surface area (Å²) in [7, 11) is 0. The molecule has 0 radical (unpaired) electrons. The summed E-state index contributed by atoms with van der Waals surface area (Å²) in [5.41, 5.74) is 5.50. The van der Waals surface area contributed by atoms with Gasteiger partial charge in [0, 0.05) is 32.1 Å². The lowest BCUT2D eigenvalue weighted by atomic mass is 9.96. The second-order valence-electron chi connectivity index (χ2n) is 9.70. The summed E-state index contributed by atoms with van der Waals surface area (Å²) in [5.74, 6) is 0.889. The third kappa shape index (κ3) is 6.54. The van der Waals surface area contributed by atoms with Crippen molar-refractivity contribution in [1.29, 1.82) is 0 Å². The lowest BCUT2D eigenvalue weighted by Crippen LogP contribution is -2.18. The number of Topliss-reactive ketones (excluding diaryl/α,β-unsaturated/α-hetero) is 1. The number of benzene rings is 2. The predicted molar refractivity (Wildman–Crippen MR) is 128 cm³/mol. The third-order valence-corrected chi connectivity index (χ3v) is 7.05. The lowest BCUT2D eigenvalue weighted by molar-refractivity contribution is -0.148. The van der Waals surface area contributed by atoms with Gasteiger partial charge in [-0.05, 0) is 53.9 Å². The van der Waals surface area contributed by atoms with E-state index in [-0.39, 0.29) is 12.1 Å². The average Bonchev–Trinajstić information content (AvgIpc) is 3.38. The number of hydrogen-bond donors (Lipinski definition) is 0. The first-order valence-corrected chi connectivity index (χ1v) is 12.5. The van der Waals surface area contributed by atoms with Crippen molar-refractivity contribution >= 4 is 11.8 Å². The molecule has 0 amide bonds. The number of unbranched alkanes of at least 4 members (excludes halogenated alkanes) is 5. The number of carbonyl (C=O) groups excluding carboxylic acids is 2. The molecule has 2 aliphatic carbocycles. The first-order chi connectivity index (χ1) is 15.7. The molecule has 3 heteroatoms. The van der Waals surface area contributed by atoms with E-state index in [1.165, 1.54) is 22.3 Å². The van der Waals surface area contributed by atoms with Gasteiger partial charge in [-0.3, -0.25) is 9.59 Å². The molecule has 0 atom stereocenters. The van der Waals surface area contributed by atoms with E-state index in [0.29, 0.717) is 18.1 Å². The number of hydrogen-bond acceptors (Lipinski definition) is 3. The summed E-state index contributed by atoms with van der Waals surface area (Å²) in [6.07, 6.45) is 12.2. The van der Waals surface area contributed by atoms with Crippen molar-refractivity contribution in [3.63, 3.8) is 0 Å². The Hall–Kier alpha value is -2.42. The molecule has 0 unspecified atom stereocenters. The zero-order chi connectivity index (χ0) is 22.2. The minimum Gasteiger partial charge on any atom is -0.462 e. The summed E-state index contributed by atoms with van der Waals surface area (Å²) < 4.78 is 5.66. The van der Waals surface area contributed by atoms with Gasteiger partial charge in [0.15, 0.2) is 0 Å². The molecule has 2 aromatic rings. The molecule has 0 aromatic heterocycles. The second-order valence-corrected chi connectivity index (χ2v) is 9.70. The maximum Gasteiger partial charge on any atom is 0.306 e. The molecule has 0 saturated carbocycles. The van der Waals surface area contributed by atoms with Crippen molar-refractivity contribution in [3.05, 3.63) is 70.8 Å². The van der Waals surface area contributed by atoms with Crippen LogP contribution in [0.3, 0.4) is 0 Å². The first kappa shape index (κ1) is 22.8. The van der Waals surface area contributed by atoms with Gasteiger partial charge in [-0.25, -0.2) is 0 Å². The van der Waals surface area contributed by atoms with Crippen LogP contribution in [-0.4, -0.2) is 17.9 Å². The van der Waals surface area contributed by atoms with E-state index in [9.17, 15) is 9.59 Å². The standard InChI is InChI=1S/C29H36O3/c30-27(19-22-17-23-11-7-8-12-24(23)18-22)15-5-3-1-2-4-6-16-29(31)32-28-20-25-13-9-10-14-26(25)21-28/h7-14,22,28H,1-6,15-21H2. The number of rotatable bonds is 12. The maximum absolute atomic E-state index is 12.3. The number of ether oxygens (including phenoxy) is 1. The molecule has 0 N–H and O–H groups in total. The fraction of sp³-hybridized carbons (Fsp3) is 0.517. The smallest absolute Gasteiger partial charge is 0.306 e. The Kier molecular flexibility index (Phi) is 8.14. The number of fused-ring (bicyclic) bond motifs is 2. The maximum atomic E-state index is 12.3. The fourth-order valence-electron chi connectivity index (χ4n) is 5.36. The summed E-state index contributed by atoms with van der Waals surface area (Å²) in [5, 5.41) is 0. The Morgan fingerprint density at radius 2 is 1.12 bits per heavy atom. The van der Waals surface area contributed by atoms with E-state index >= 15 is 0 Å². The summed E-state index contributed by atoms with van der Waals surface area (Å²) >= 11 is 0. The van der Waals surface area contributed by atoms with Crippen LogP contribution in [0.2, 0.25) is 0 Å². The molecule has 0 aliphatic heterocycles. The monoisotopic (exact) mass is 432 g/mol. The van der Waals surface area contributed by atoms with Crippen LogP contribution >= 0.6 is 0 Å². The highest BCUT2D eigenvalue weighted by molar-refractivity contribution is 5.78. The van der Waals surface area contributed by atoms with E-state index in [2.05, 4.69) is 36.4 Å². The van der Waals surface area contributed by atoms with Gasteiger partial charge in [0.05, 0.1) is 0 Å². The minimum absolute atomic E-state index is 0.0239. The van der Waals surface area contributed by atoms with Crippen LogP contribution in [0, 0.1) is 5.92 Å². The molecule has 0 fully saturated rings. The van der Waals surface area contributed by atoms with Crippen LogP contribution in [0.4, 0.5) is 0 Å². The average molecular weight is 433 g/mol. The highest BCUT2D eigenvalue weighted by Gasteiger charge is 2.24. The molecule has 0 heterocycles. The predicted octanol–water partition coefficient (Wildman–Crippen LogP) is 6.19. The van der Waals surface area contributed by atoms with Crippen LogP contribution in [0.25, 0.3) is 0 Å². The molecule has 2 aliphatic rings. The van der Waals surface area contributed by atoms with Crippen LogP contribution in [0.1, 0.15) is 80.0 Å². The van der Waals surface area contributed by atoms with Crippen molar-refractivity contribution in [2.24, 2.45) is 5.92 Å². The quantitative estimate of drug-likeness (QED) is 0.297. The second kappa shape index (κ2) is 11.4. The Morgan fingerprint density at radius 3 is 1.69 bits per heavy atom. The molecule has 4 rings (SSSR count). The largest absolute Gasteiger partial charge is 0.462 e. The lowest BCUT2D eigenvalue weighted by Gasteiger charge is -2.11. The Balaban J connectivity index is 0.981. The van der Waals surface area contributed by atoms with E-state index < -0.39 is 0 Å². The van der Waals surface area contributed by atoms with Gasteiger partial charge in [-0.2, -0.15) is 0 Å². The topological polar surface area (TPSA) is 43.4 Å². The first-order valence-electron chi connectivity index (χ1n) is 12.5. The van der Waals surface area contributed by atoms with Crippen molar-refractivity contribution in [2.45, 2.75) is 89.6 Å². The third-order valence-electron chi connectivity index (χ3n) is 7.05. The SMILES string of the molecule is O=C(CCCCCCCCC(=O)OC1Cc2ccccc2C1)CC1Cc2ccccc2C1. The van der Waals surface area contributed by atoms with Crippen molar-refractivity contribution in [1.82, 2.24) is 0 Å². The molecule has 2 aromatic carbocycles. The molecule has 0 bridgehead atoms. The van der Waals surface area contributed by atoms with Gasteiger partial charge in [0.2, 0.25) is 0 Å². The molecule has 170 valence electrons. The van der Waals surface area contributed by atoms with E-state index in [4.69, 9.17) is 4.74 Å². The molecule has 0 saturated heterocycles. The number of ketones is 1. The van der Waals surface area contributed by atoms with Crippen LogP contribution in [-0.2, 0) is 40.0 Å². The van der Waals surface area contributed by atoms with E-state index in [1.54, 1.807) is 0 Å². The summed E-state index contributed by atoms with van der Waals surface area (Å²) in [6.45, 7) is 0. The van der Waals surface area contributed by atoms with Gasteiger partial charge in [0.25, 0.3) is 0 Å². The van der Waals surface area contributed by atoms with Crippen molar-refractivity contribution in [2.75, 3.05) is 0 Å². The normalized spacial score (nSPS) is 15.5. The van der Waals surface area contributed by atoms with Crippen LogP contribution in [0.15, 0.2) is 48.5 Å². The van der Waals surface area contributed by atoms with Gasteiger partial charge >= 0.3 is 5.97 Å². The Bertz CT molecular complexity index is 791. The summed E-state index contributed by atoms with van der Waals surface area (Å²) in [6, 6.07) is 17.0. The van der Waals surface area contributed by atoms with Crippen LogP contribution < -0.4 is 0 Å². The highest BCUT2D eigenvalue weighted by Crippen LogP contribution is 2.29. The van der Waals surface area contributed by atoms with Crippen LogP contribution in [0.5, 0.6) is 0 Å². The number of carbonyl (C=O) groups is 2. The Labute approximate surface area is 192 Å². The molecule has 32 heavy (non-hydrogen) atoms. The van der Waals surface area contributed by atoms with Gasteiger partial charge < -0.3 is 4.74 Å².